The van der Waals surface area contributed by atoms with E-state index in [1.807, 2.05) is 13.8 Å². The SMILES string of the molecule is COc1c(N2CC(C)NC(C)C2)c(F)cc2c(=O)c(OC(=O)NCc3ccc(Cl)cc3Cl)cn(CC(F)(F)F)c12. The Labute approximate surface area is 236 Å². The molecular formula is C26H26Cl2F4N4O4. The van der Waals surface area contributed by atoms with Crippen molar-refractivity contribution in [2.75, 3.05) is 25.1 Å². The van der Waals surface area contributed by atoms with Crippen LogP contribution in [0.1, 0.15) is 19.4 Å². The van der Waals surface area contributed by atoms with E-state index in [2.05, 4.69) is 10.6 Å². The predicted molar refractivity (Wildman–Crippen MR) is 144 cm³/mol. The maximum absolute atomic E-state index is 15.6. The van der Waals surface area contributed by atoms with Crippen molar-refractivity contribution in [3.05, 3.63) is 62.1 Å². The molecule has 2 unspecified atom stereocenters. The number of carbonyl (C=O) groups is 1. The molecule has 1 aliphatic heterocycles. The lowest BCUT2D eigenvalue weighted by molar-refractivity contribution is -0.140. The Morgan fingerprint density at radius 2 is 1.85 bits per heavy atom. The highest BCUT2D eigenvalue weighted by Gasteiger charge is 2.33. The van der Waals surface area contributed by atoms with Crippen LogP contribution in [0, 0.1) is 5.82 Å². The maximum Gasteiger partial charge on any atom is 0.413 e. The van der Waals surface area contributed by atoms with Crippen LogP contribution in [0.3, 0.4) is 0 Å². The van der Waals surface area contributed by atoms with Gasteiger partial charge in [0.15, 0.2) is 17.3 Å². The van der Waals surface area contributed by atoms with Gasteiger partial charge in [0.1, 0.15) is 12.2 Å². The summed E-state index contributed by atoms with van der Waals surface area (Å²) < 4.78 is 67.7. The van der Waals surface area contributed by atoms with Crippen LogP contribution in [0.15, 0.2) is 35.3 Å². The third kappa shape index (κ3) is 6.56. The summed E-state index contributed by atoms with van der Waals surface area (Å²) in [5, 5.41) is 5.88. The second-order valence-electron chi connectivity index (χ2n) is 9.55. The van der Waals surface area contributed by atoms with E-state index in [9.17, 15) is 22.8 Å². The molecule has 1 aliphatic rings. The van der Waals surface area contributed by atoms with Crippen molar-refractivity contribution in [1.82, 2.24) is 15.2 Å². The first-order valence-electron chi connectivity index (χ1n) is 12.2. The molecule has 0 aliphatic carbocycles. The molecule has 0 saturated carbocycles. The van der Waals surface area contributed by atoms with Crippen molar-refractivity contribution in [3.63, 3.8) is 0 Å². The molecule has 2 aromatic carbocycles. The van der Waals surface area contributed by atoms with E-state index in [1.54, 1.807) is 17.0 Å². The zero-order valence-corrected chi connectivity index (χ0v) is 23.2. The number of benzene rings is 2. The number of aromatic nitrogens is 1. The van der Waals surface area contributed by atoms with E-state index in [-0.39, 0.29) is 40.6 Å². The number of piperazine rings is 1. The molecule has 216 valence electrons. The van der Waals surface area contributed by atoms with Gasteiger partial charge in [0.2, 0.25) is 5.43 Å². The lowest BCUT2D eigenvalue weighted by Crippen LogP contribution is -2.54. The van der Waals surface area contributed by atoms with Gasteiger partial charge in [0, 0.05) is 41.8 Å². The molecule has 1 fully saturated rings. The number of methoxy groups -OCH3 is 1. The molecule has 14 heteroatoms. The minimum absolute atomic E-state index is 0.0436. The molecule has 2 N–H and O–H groups in total. The lowest BCUT2D eigenvalue weighted by atomic mass is 10.1. The first kappa shape index (κ1) is 29.8. The first-order valence-corrected chi connectivity index (χ1v) is 12.9. The van der Waals surface area contributed by atoms with Gasteiger partial charge in [0.25, 0.3) is 0 Å². The molecule has 3 aromatic rings. The monoisotopic (exact) mass is 604 g/mol. The number of ether oxygens (including phenoxy) is 2. The minimum atomic E-state index is -4.73. The van der Waals surface area contributed by atoms with Crippen LogP contribution in [0.5, 0.6) is 11.5 Å². The first-order chi connectivity index (χ1) is 18.8. The fraction of sp³-hybridized carbons (Fsp3) is 0.385. The second kappa shape index (κ2) is 11.7. The van der Waals surface area contributed by atoms with E-state index in [0.717, 1.165) is 12.3 Å². The van der Waals surface area contributed by atoms with E-state index in [4.69, 9.17) is 32.7 Å². The standard InChI is InChI=1S/C26H26Cl2F4N4O4/c1-13-9-35(10-14(2)34-13)22-19(29)7-17-21(24(22)39-3)36(12-26(30,31)32)11-20(23(17)37)40-25(38)33-8-15-4-5-16(27)6-18(15)28/h4-7,11,13-14,34H,8-10,12H2,1-3H3,(H,33,38). The number of hydrogen-bond donors (Lipinski definition) is 2. The van der Waals surface area contributed by atoms with Crippen molar-refractivity contribution in [2.24, 2.45) is 0 Å². The van der Waals surface area contributed by atoms with Gasteiger partial charge >= 0.3 is 12.3 Å². The molecule has 0 radical (unpaired) electrons. The number of amides is 1. The molecule has 8 nitrogen and oxygen atoms in total. The predicted octanol–water partition coefficient (Wildman–Crippen LogP) is 5.49. The summed E-state index contributed by atoms with van der Waals surface area (Å²) in [5.41, 5.74) is -0.844. The van der Waals surface area contributed by atoms with Crippen LogP contribution in [0.4, 0.5) is 28.0 Å². The Morgan fingerprint density at radius 1 is 1.18 bits per heavy atom. The van der Waals surface area contributed by atoms with Crippen LogP contribution in [0.25, 0.3) is 10.9 Å². The van der Waals surface area contributed by atoms with E-state index >= 15 is 4.39 Å². The highest BCUT2D eigenvalue weighted by atomic mass is 35.5. The lowest BCUT2D eigenvalue weighted by Gasteiger charge is -2.38. The largest absolute Gasteiger partial charge is 0.492 e. The van der Waals surface area contributed by atoms with Crippen LogP contribution in [-0.4, -0.2) is 49.1 Å². The van der Waals surface area contributed by atoms with Crippen LogP contribution < -0.4 is 30.4 Å². The van der Waals surface area contributed by atoms with Crippen molar-refractivity contribution < 1.29 is 31.8 Å². The summed E-state index contributed by atoms with van der Waals surface area (Å²) >= 11 is 11.9. The quantitative estimate of drug-likeness (QED) is 0.362. The Balaban J connectivity index is 1.77. The van der Waals surface area contributed by atoms with Gasteiger partial charge in [0.05, 0.1) is 24.2 Å². The maximum atomic E-state index is 15.6. The number of nitrogens with zero attached hydrogens (tertiary/aromatic N) is 2. The smallest absolute Gasteiger partial charge is 0.413 e. The average Bonchev–Trinajstić information content (AvgIpc) is 2.84. The second-order valence-corrected chi connectivity index (χ2v) is 10.4. The van der Waals surface area contributed by atoms with E-state index in [1.165, 1.54) is 13.2 Å². The van der Waals surface area contributed by atoms with Gasteiger partial charge in [-0.15, -0.1) is 0 Å². The summed E-state index contributed by atoms with van der Waals surface area (Å²) in [6.45, 7) is 2.81. The number of anilines is 1. The number of pyridine rings is 1. The molecule has 2 heterocycles. The summed E-state index contributed by atoms with van der Waals surface area (Å²) in [5.74, 6) is -1.82. The molecular weight excluding hydrogens is 579 g/mol. The summed E-state index contributed by atoms with van der Waals surface area (Å²) in [6, 6.07) is 5.33. The Kier molecular flexibility index (Phi) is 8.72. The summed E-state index contributed by atoms with van der Waals surface area (Å²) in [6.07, 6.45) is -5.10. The van der Waals surface area contributed by atoms with Crippen LogP contribution in [-0.2, 0) is 13.1 Å². The van der Waals surface area contributed by atoms with Crippen molar-refractivity contribution >= 4 is 45.9 Å². The van der Waals surface area contributed by atoms with E-state index in [0.29, 0.717) is 28.2 Å². The molecule has 40 heavy (non-hydrogen) atoms. The third-order valence-corrected chi connectivity index (χ3v) is 6.87. The average molecular weight is 605 g/mol. The molecule has 1 amide bonds. The van der Waals surface area contributed by atoms with Gasteiger partial charge in [-0.1, -0.05) is 29.3 Å². The van der Waals surface area contributed by atoms with Gasteiger partial charge < -0.3 is 29.6 Å². The number of fused-ring (bicyclic) bond motifs is 1. The normalized spacial score (nSPS) is 17.7. The molecule has 1 saturated heterocycles. The molecule has 0 spiro atoms. The molecule has 1 aromatic heterocycles. The fourth-order valence-electron chi connectivity index (χ4n) is 4.82. The number of halogens is 6. The van der Waals surface area contributed by atoms with Gasteiger partial charge in [-0.3, -0.25) is 4.79 Å². The molecule has 0 bridgehead atoms. The fourth-order valence-corrected chi connectivity index (χ4v) is 5.29. The Morgan fingerprint density at radius 3 is 2.45 bits per heavy atom. The van der Waals surface area contributed by atoms with Crippen molar-refractivity contribution in [2.45, 2.75) is 45.2 Å². The highest BCUT2D eigenvalue weighted by molar-refractivity contribution is 6.35. The van der Waals surface area contributed by atoms with Gasteiger partial charge in [-0.25, -0.2) is 9.18 Å². The topological polar surface area (TPSA) is 84.8 Å². The summed E-state index contributed by atoms with van der Waals surface area (Å²) in [4.78, 5) is 27.4. The van der Waals surface area contributed by atoms with Crippen molar-refractivity contribution in [3.8, 4) is 11.5 Å². The molecule has 2 atom stereocenters. The summed E-state index contributed by atoms with van der Waals surface area (Å²) in [7, 11) is 1.19. The van der Waals surface area contributed by atoms with Crippen molar-refractivity contribution in [1.29, 1.82) is 0 Å². The van der Waals surface area contributed by atoms with E-state index < -0.39 is 41.2 Å². The zero-order chi connectivity index (χ0) is 29.4. The third-order valence-electron chi connectivity index (χ3n) is 6.28. The number of alkyl halides is 3. The highest BCUT2D eigenvalue weighted by Crippen LogP contribution is 2.40. The van der Waals surface area contributed by atoms with Crippen LogP contribution >= 0.6 is 23.2 Å². The number of carbonyl (C=O) groups excluding carboxylic acids is 1. The molecule has 4 rings (SSSR count). The Hall–Kier alpha value is -3.22. The number of nitrogens with one attached hydrogen (secondary N) is 2. The number of rotatable bonds is 6. The number of hydrogen-bond acceptors (Lipinski definition) is 6. The minimum Gasteiger partial charge on any atom is -0.492 e. The van der Waals surface area contributed by atoms with Gasteiger partial charge in [-0.05, 0) is 37.6 Å². The zero-order valence-electron chi connectivity index (χ0n) is 21.7. The Bertz CT molecular complexity index is 1490. The van der Waals surface area contributed by atoms with Gasteiger partial charge in [-0.2, -0.15) is 13.2 Å². The van der Waals surface area contributed by atoms with Crippen LogP contribution in [0.2, 0.25) is 10.0 Å².